The number of rotatable bonds is 9. The fourth-order valence-electron chi connectivity index (χ4n) is 3.35. The lowest BCUT2D eigenvalue weighted by molar-refractivity contribution is 0.213. The van der Waals surface area contributed by atoms with E-state index in [1.54, 1.807) is 6.20 Å². The molecule has 0 radical (unpaired) electrons. The van der Waals surface area contributed by atoms with Crippen molar-refractivity contribution in [3.8, 4) is 11.3 Å². The number of nitrogens with one attached hydrogen (secondary N) is 2. The molecular formula is C21H27N5. The Kier molecular flexibility index (Phi) is 6.52. The van der Waals surface area contributed by atoms with E-state index in [2.05, 4.69) is 69.6 Å². The number of hydrogen-bond acceptors (Lipinski definition) is 4. The van der Waals surface area contributed by atoms with Crippen molar-refractivity contribution in [1.29, 1.82) is 0 Å². The first kappa shape index (κ1) is 18.3. The van der Waals surface area contributed by atoms with Gasteiger partial charge in [-0.1, -0.05) is 44.2 Å². The molecule has 0 saturated heterocycles. The quantitative estimate of drug-likeness (QED) is 0.619. The number of H-pyrrole nitrogens is 1. The first-order valence-corrected chi connectivity index (χ1v) is 9.25. The molecule has 0 amide bonds. The zero-order chi connectivity index (χ0) is 18.2. The largest absolute Gasteiger partial charge is 0.311 e. The summed E-state index contributed by atoms with van der Waals surface area (Å²) in [6, 6.07) is 15.1. The van der Waals surface area contributed by atoms with Gasteiger partial charge in [-0.25, -0.2) is 0 Å². The average molecular weight is 349 g/mol. The molecule has 0 aliphatic carbocycles. The van der Waals surface area contributed by atoms with E-state index >= 15 is 0 Å². The smallest absolute Gasteiger partial charge is 0.0710 e. The van der Waals surface area contributed by atoms with E-state index < -0.39 is 0 Å². The van der Waals surface area contributed by atoms with Crippen LogP contribution in [0.3, 0.4) is 0 Å². The molecule has 0 aliphatic heterocycles. The van der Waals surface area contributed by atoms with Crippen LogP contribution in [0.2, 0.25) is 0 Å². The van der Waals surface area contributed by atoms with Gasteiger partial charge in [-0.05, 0) is 30.8 Å². The summed E-state index contributed by atoms with van der Waals surface area (Å²) in [4.78, 5) is 6.69. The molecule has 3 rings (SSSR count). The van der Waals surface area contributed by atoms with Crippen LogP contribution in [0.4, 0.5) is 0 Å². The van der Waals surface area contributed by atoms with Crippen LogP contribution in [0.15, 0.2) is 61.1 Å². The van der Waals surface area contributed by atoms with Crippen molar-refractivity contribution in [1.82, 2.24) is 25.4 Å². The van der Waals surface area contributed by atoms with Gasteiger partial charge in [0, 0.05) is 42.7 Å². The Balaban J connectivity index is 1.68. The van der Waals surface area contributed by atoms with Crippen molar-refractivity contribution in [2.75, 3.05) is 19.6 Å². The van der Waals surface area contributed by atoms with Gasteiger partial charge in [-0.15, -0.1) is 0 Å². The third-order valence-electron chi connectivity index (χ3n) is 4.76. The van der Waals surface area contributed by atoms with E-state index in [0.29, 0.717) is 6.04 Å². The number of aromatic nitrogens is 3. The van der Waals surface area contributed by atoms with Crippen molar-refractivity contribution >= 4 is 0 Å². The maximum Gasteiger partial charge on any atom is 0.0710 e. The minimum atomic E-state index is 0.361. The molecule has 26 heavy (non-hydrogen) atoms. The van der Waals surface area contributed by atoms with Gasteiger partial charge in [0.2, 0.25) is 0 Å². The first-order chi connectivity index (χ1) is 12.8. The summed E-state index contributed by atoms with van der Waals surface area (Å²) in [6.07, 6.45) is 5.54. The minimum Gasteiger partial charge on any atom is -0.311 e. The molecule has 0 fully saturated rings. The molecule has 0 aliphatic rings. The van der Waals surface area contributed by atoms with Gasteiger partial charge >= 0.3 is 0 Å². The Hall–Kier alpha value is -2.50. The Morgan fingerprint density at radius 1 is 1.04 bits per heavy atom. The van der Waals surface area contributed by atoms with Gasteiger partial charge < -0.3 is 5.32 Å². The van der Waals surface area contributed by atoms with Gasteiger partial charge in [0.05, 0.1) is 11.9 Å². The summed E-state index contributed by atoms with van der Waals surface area (Å²) in [5.74, 6) is 0. The third kappa shape index (κ3) is 4.36. The minimum absolute atomic E-state index is 0.361. The molecule has 5 nitrogen and oxygen atoms in total. The Morgan fingerprint density at radius 2 is 1.85 bits per heavy atom. The van der Waals surface area contributed by atoms with Crippen molar-refractivity contribution < 1.29 is 0 Å². The predicted molar refractivity (Wildman–Crippen MR) is 106 cm³/mol. The second-order valence-electron chi connectivity index (χ2n) is 6.29. The Morgan fingerprint density at radius 3 is 2.54 bits per heavy atom. The van der Waals surface area contributed by atoms with Crippen LogP contribution >= 0.6 is 0 Å². The Labute approximate surface area is 155 Å². The van der Waals surface area contributed by atoms with E-state index in [-0.39, 0.29) is 0 Å². The number of hydrogen-bond donors (Lipinski definition) is 2. The summed E-state index contributed by atoms with van der Waals surface area (Å²) in [7, 11) is 0. The number of nitrogens with zero attached hydrogens (tertiary/aromatic N) is 3. The summed E-state index contributed by atoms with van der Waals surface area (Å²) in [5.41, 5.74) is 4.60. The Bertz CT molecular complexity index is 765. The molecule has 1 unspecified atom stereocenters. The van der Waals surface area contributed by atoms with E-state index in [9.17, 15) is 0 Å². The van der Waals surface area contributed by atoms with Gasteiger partial charge in [0.15, 0.2) is 0 Å². The number of likely N-dealkylation sites (N-methyl/N-ethyl adjacent to an activating group) is 1. The second-order valence-corrected chi connectivity index (χ2v) is 6.29. The molecule has 0 bridgehead atoms. The molecule has 2 heterocycles. The van der Waals surface area contributed by atoms with Crippen molar-refractivity contribution in [2.24, 2.45) is 0 Å². The highest BCUT2D eigenvalue weighted by Gasteiger charge is 2.17. The van der Waals surface area contributed by atoms with E-state index in [0.717, 1.165) is 43.0 Å². The second kappa shape index (κ2) is 9.27. The standard InChI is InChI=1S/C21H27N5/c1-3-26(4-2)20(17-9-6-5-7-10-17)16-23-14-19-15-24-25-21(19)18-11-8-12-22-13-18/h5-13,15,20,23H,3-4,14,16H2,1-2H3,(H,24,25). The molecule has 5 heteroatoms. The zero-order valence-electron chi connectivity index (χ0n) is 15.5. The summed E-state index contributed by atoms with van der Waals surface area (Å²) in [5, 5.41) is 10.9. The monoisotopic (exact) mass is 349 g/mol. The molecule has 3 aromatic rings. The highest BCUT2D eigenvalue weighted by Crippen LogP contribution is 2.22. The van der Waals surface area contributed by atoms with Gasteiger partial charge in [0.25, 0.3) is 0 Å². The van der Waals surface area contributed by atoms with E-state index in [4.69, 9.17) is 0 Å². The van der Waals surface area contributed by atoms with Gasteiger partial charge in [0.1, 0.15) is 0 Å². The van der Waals surface area contributed by atoms with E-state index in [1.165, 1.54) is 5.56 Å². The third-order valence-corrected chi connectivity index (χ3v) is 4.76. The van der Waals surface area contributed by atoms with Crippen LogP contribution < -0.4 is 5.32 Å². The lowest BCUT2D eigenvalue weighted by atomic mass is 10.0. The fourth-order valence-corrected chi connectivity index (χ4v) is 3.35. The normalized spacial score (nSPS) is 12.4. The van der Waals surface area contributed by atoms with Crippen LogP contribution in [0, 0.1) is 0 Å². The van der Waals surface area contributed by atoms with Crippen molar-refractivity contribution in [2.45, 2.75) is 26.4 Å². The van der Waals surface area contributed by atoms with Gasteiger partial charge in [-0.2, -0.15) is 5.10 Å². The van der Waals surface area contributed by atoms with Crippen LogP contribution in [0.1, 0.15) is 31.0 Å². The number of aromatic amines is 1. The summed E-state index contributed by atoms with van der Waals surface area (Å²) in [6.45, 7) is 8.16. The number of pyridine rings is 1. The van der Waals surface area contributed by atoms with Crippen LogP contribution in [0.5, 0.6) is 0 Å². The highest BCUT2D eigenvalue weighted by molar-refractivity contribution is 5.61. The molecule has 2 aromatic heterocycles. The van der Waals surface area contributed by atoms with Crippen molar-refractivity contribution in [3.05, 3.63) is 72.2 Å². The molecule has 0 spiro atoms. The molecule has 0 saturated carbocycles. The molecular weight excluding hydrogens is 322 g/mol. The molecule has 1 aromatic carbocycles. The van der Waals surface area contributed by atoms with E-state index in [1.807, 2.05) is 24.5 Å². The maximum atomic E-state index is 4.22. The predicted octanol–water partition coefficient (Wildman–Crippen LogP) is 3.64. The molecule has 2 N–H and O–H groups in total. The average Bonchev–Trinajstić information content (AvgIpc) is 3.17. The number of benzene rings is 1. The van der Waals surface area contributed by atoms with Gasteiger partial charge in [-0.3, -0.25) is 15.0 Å². The highest BCUT2D eigenvalue weighted by atomic mass is 15.2. The van der Waals surface area contributed by atoms with Crippen LogP contribution in [0.25, 0.3) is 11.3 Å². The molecule has 136 valence electrons. The molecule has 1 atom stereocenters. The SMILES string of the molecule is CCN(CC)C(CNCc1cn[nH]c1-c1cccnc1)c1ccccc1. The summed E-state index contributed by atoms with van der Waals surface area (Å²) < 4.78 is 0. The zero-order valence-corrected chi connectivity index (χ0v) is 15.5. The lowest BCUT2D eigenvalue weighted by Gasteiger charge is -2.30. The topological polar surface area (TPSA) is 56.8 Å². The fraction of sp³-hybridized carbons (Fsp3) is 0.333. The first-order valence-electron chi connectivity index (χ1n) is 9.25. The van der Waals surface area contributed by atoms with Crippen molar-refractivity contribution in [3.63, 3.8) is 0 Å². The van der Waals surface area contributed by atoms with Crippen LogP contribution in [-0.2, 0) is 6.54 Å². The van der Waals surface area contributed by atoms with Crippen LogP contribution in [-0.4, -0.2) is 39.7 Å². The maximum absolute atomic E-state index is 4.22. The summed E-state index contributed by atoms with van der Waals surface area (Å²) >= 11 is 0. The lowest BCUT2D eigenvalue weighted by Crippen LogP contribution is -2.35.